The number of benzene rings is 2. The van der Waals surface area contributed by atoms with E-state index in [0.717, 1.165) is 15.3 Å². The van der Waals surface area contributed by atoms with E-state index in [0.29, 0.717) is 5.39 Å². The zero-order valence-corrected chi connectivity index (χ0v) is 9.78. The summed E-state index contributed by atoms with van der Waals surface area (Å²) in [6, 6.07) is 17.3. The molecular weight excluding hydrogens is 230 g/mol. The Kier molecular flexibility index (Phi) is 2.46. The number of aromatic nitrogens is 1. The van der Waals surface area contributed by atoms with Crippen LogP contribution in [0, 0.1) is 0 Å². The van der Waals surface area contributed by atoms with Gasteiger partial charge in [-0.1, -0.05) is 42.5 Å². The molecule has 3 aromatic rings. The minimum Gasteiger partial charge on any atom is -0.267 e. The molecule has 0 fully saturated rings. The number of hydrogen-bond acceptors (Lipinski definition) is 3. The van der Waals surface area contributed by atoms with Crippen LogP contribution in [0.4, 0.5) is 0 Å². The largest absolute Gasteiger partial charge is 0.279 e. The fraction of sp³-hybridized carbons (Fsp3) is 0. The Bertz CT molecular complexity index is 719. The summed E-state index contributed by atoms with van der Waals surface area (Å²) in [6.45, 7) is 0. The second kappa shape index (κ2) is 4.11. The van der Waals surface area contributed by atoms with Crippen molar-refractivity contribution < 1.29 is 0 Å². The van der Waals surface area contributed by atoms with E-state index in [4.69, 9.17) is 0 Å². The minimum absolute atomic E-state index is 0.154. The molecule has 2 nitrogen and oxygen atoms in total. The predicted molar refractivity (Wildman–Crippen MR) is 71.3 cm³/mol. The Morgan fingerprint density at radius 3 is 2.41 bits per heavy atom. The predicted octanol–water partition coefficient (Wildman–Crippen LogP) is 3.32. The second-order valence-corrected chi connectivity index (χ2v) is 4.72. The quantitative estimate of drug-likeness (QED) is 0.652. The van der Waals surface area contributed by atoms with Gasteiger partial charge < -0.3 is 0 Å². The van der Waals surface area contributed by atoms with Crippen LogP contribution in [0.3, 0.4) is 0 Å². The summed E-state index contributed by atoms with van der Waals surface area (Å²) >= 11 is 1.54. The SMILES string of the molecule is O=c1nc(-c2ccccc2)sc2ccccc12. The molecule has 0 saturated heterocycles. The van der Waals surface area contributed by atoms with E-state index in [1.165, 1.54) is 0 Å². The van der Waals surface area contributed by atoms with Crippen molar-refractivity contribution in [1.29, 1.82) is 0 Å². The van der Waals surface area contributed by atoms with Crippen molar-refractivity contribution in [1.82, 2.24) is 4.98 Å². The monoisotopic (exact) mass is 239 g/mol. The van der Waals surface area contributed by atoms with Gasteiger partial charge in [-0.05, 0) is 12.1 Å². The highest BCUT2D eigenvalue weighted by molar-refractivity contribution is 7.21. The van der Waals surface area contributed by atoms with Gasteiger partial charge in [-0.15, -0.1) is 11.3 Å². The average Bonchev–Trinajstić information content (AvgIpc) is 2.40. The number of fused-ring (bicyclic) bond motifs is 1. The lowest BCUT2D eigenvalue weighted by Gasteiger charge is -2.00. The molecule has 0 bridgehead atoms. The van der Waals surface area contributed by atoms with Crippen molar-refractivity contribution in [2.45, 2.75) is 0 Å². The first-order valence-electron chi connectivity index (χ1n) is 5.30. The maximum Gasteiger partial charge on any atom is 0.279 e. The molecule has 0 aliphatic rings. The van der Waals surface area contributed by atoms with Gasteiger partial charge in [0.15, 0.2) is 0 Å². The summed E-state index contributed by atoms with van der Waals surface area (Å²) in [5.41, 5.74) is 0.832. The van der Waals surface area contributed by atoms with Crippen molar-refractivity contribution in [3.8, 4) is 10.6 Å². The smallest absolute Gasteiger partial charge is 0.267 e. The molecule has 0 unspecified atom stereocenters. The molecule has 3 heteroatoms. The minimum atomic E-state index is -0.154. The molecule has 17 heavy (non-hydrogen) atoms. The molecule has 82 valence electrons. The molecular formula is C14H9NOS. The van der Waals surface area contributed by atoms with Crippen LogP contribution in [0.25, 0.3) is 20.7 Å². The van der Waals surface area contributed by atoms with E-state index in [-0.39, 0.29) is 5.56 Å². The van der Waals surface area contributed by atoms with Crippen LogP contribution in [0.1, 0.15) is 0 Å². The summed E-state index contributed by atoms with van der Waals surface area (Å²) in [5.74, 6) is 0. The highest BCUT2D eigenvalue weighted by atomic mass is 32.1. The molecule has 0 atom stereocenters. The van der Waals surface area contributed by atoms with Gasteiger partial charge in [0.2, 0.25) is 0 Å². The third-order valence-corrected chi connectivity index (χ3v) is 3.64. The zero-order valence-electron chi connectivity index (χ0n) is 8.96. The first-order valence-corrected chi connectivity index (χ1v) is 6.11. The normalized spacial score (nSPS) is 10.6. The third-order valence-electron chi connectivity index (χ3n) is 2.55. The Hall–Kier alpha value is -2.00. The van der Waals surface area contributed by atoms with Gasteiger partial charge in [0.25, 0.3) is 5.56 Å². The highest BCUT2D eigenvalue weighted by Gasteiger charge is 2.05. The lowest BCUT2D eigenvalue weighted by molar-refractivity contribution is 1.31. The number of hydrogen-bond donors (Lipinski definition) is 0. The van der Waals surface area contributed by atoms with Crippen LogP contribution < -0.4 is 5.56 Å². The molecule has 2 aromatic carbocycles. The zero-order chi connectivity index (χ0) is 11.7. The van der Waals surface area contributed by atoms with Gasteiger partial charge in [0.1, 0.15) is 5.01 Å². The van der Waals surface area contributed by atoms with Crippen molar-refractivity contribution in [2.24, 2.45) is 0 Å². The molecule has 1 aromatic heterocycles. The van der Waals surface area contributed by atoms with Gasteiger partial charge in [-0.2, -0.15) is 4.98 Å². The number of rotatable bonds is 1. The average molecular weight is 239 g/mol. The van der Waals surface area contributed by atoms with E-state index >= 15 is 0 Å². The molecule has 0 saturated carbocycles. The van der Waals surface area contributed by atoms with Crippen LogP contribution in [0.15, 0.2) is 59.4 Å². The van der Waals surface area contributed by atoms with Gasteiger partial charge in [0, 0.05) is 10.3 Å². The Labute approximate surface area is 102 Å². The third kappa shape index (κ3) is 1.85. The molecule has 3 rings (SSSR count). The number of nitrogens with zero attached hydrogens (tertiary/aromatic N) is 1. The first kappa shape index (κ1) is 10.2. The topological polar surface area (TPSA) is 30.0 Å². The van der Waals surface area contributed by atoms with Crippen molar-refractivity contribution >= 4 is 21.4 Å². The molecule has 1 heterocycles. The van der Waals surface area contributed by atoms with E-state index in [9.17, 15) is 4.79 Å². The summed E-state index contributed by atoms with van der Waals surface area (Å²) in [5, 5.41) is 1.46. The second-order valence-electron chi connectivity index (χ2n) is 3.69. The maximum absolute atomic E-state index is 11.9. The molecule has 0 radical (unpaired) electrons. The summed E-state index contributed by atoms with van der Waals surface area (Å²) in [6.07, 6.45) is 0. The Morgan fingerprint density at radius 2 is 1.59 bits per heavy atom. The van der Waals surface area contributed by atoms with Crippen molar-refractivity contribution in [2.75, 3.05) is 0 Å². The molecule has 0 aliphatic carbocycles. The van der Waals surface area contributed by atoms with Crippen LogP contribution in [0.2, 0.25) is 0 Å². The van der Waals surface area contributed by atoms with E-state index in [1.54, 1.807) is 11.3 Å². The lowest BCUT2D eigenvalue weighted by atomic mass is 10.2. The van der Waals surface area contributed by atoms with Crippen LogP contribution in [-0.2, 0) is 0 Å². The Morgan fingerprint density at radius 1 is 0.882 bits per heavy atom. The highest BCUT2D eigenvalue weighted by Crippen LogP contribution is 2.25. The van der Waals surface area contributed by atoms with Gasteiger partial charge in [-0.25, -0.2) is 0 Å². The van der Waals surface area contributed by atoms with Crippen LogP contribution in [-0.4, -0.2) is 4.98 Å². The van der Waals surface area contributed by atoms with E-state index in [2.05, 4.69) is 4.98 Å². The molecule has 0 spiro atoms. The summed E-state index contributed by atoms with van der Waals surface area (Å²) < 4.78 is 0.978. The van der Waals surface area contributed by atoms with Crippen molar-refractivity contribution in [3.05, 3.63) is 65.0 Å². The van der Waals surface area contributed by atoms with E-state index in [1.807, 2.05) is 54.6 Å². The Balaban J connectivity index is 2.30. The van der Waals surface area contributed by atoms with Gasteiger partial charge in [0.05, 0.1) is 5.39 Å². The fourth-order valence-electron chi connectivity index (χ4n) is 1.72. The molecule has 0 amide bonds. The van der Waals surface area contributed by atoms with Crippen LogP contribution >= 0.6 is 11.3 Å². The van der Waals surface area contributed by atoms with Gasteiger partial charge in [-0.3, -0.25) is 4.79 Å². The first-order chi connectivity index (χ1) is 8.34. The lowest BCUT2D eigenvalue weighted by Crippen LogP contribution is -2.05. The maximum atomic E-state index is 11.9. The van der Waals surface area contributed by atoms with Gasteiger partial charge >= 0.3 is 0 Å². The summed E-state index contributed by atoms with van der Waals surface area (Å²) in [7, 11) is 0. The fourth-order valence-corrected chi connectivity index (χ4v) is 2.72. The molecule has 0 aliphatic heterocycles. The molecule has 0 N–H and O–H groups in total. The van der Waals surface area contributed by atoms with Crippen molar-refractivity contribution in [3.63, 3.8) is 0 Å². The van der Waals surface area contributed by atoms with E-state index < -0.39 is 0 Å². The van der Waals surface area contributed by atoms with Crippen LogP contribution in [0.5, 0.6) is 0 Å². The standard InChI is InChI=1S/C14H9NOS/c16-13-11-8-4-5-9-12(11)17-14(15-13)10-6-2-1-3-7-10/h1-9H. The summed E-state index contributed by atoms with van der Waals surface area (Å²) in [4.78, 5) is 16.0.